The zero-order valence-electron chi connectivity index (χ0n) is 26.8. The number of fused-ring (bicyclic) bond motifs is 2. The van der Waals surface area contributed by atoms with Gasteiger partial charge in [0.1, 0.15) is 0 Å². The maximum Gasteiger partial charge on any atom is 0.0883 e. The van der Waals surface area contributed by atoms with E-state index in [-0.39, 0.29) is 39.7 Å². The van der Waals surface area contributed by atoms with Crippen LogP contribution < -0.4 is 0 Å². The highest BCUT2D eigenvalue weighted by atomic mass is 16.6. The average Bonchev–Trinajstić information content (AvgIpc) is 3.10. The van der Waals surface area contributed by atoms with Gasteiger partial charge in [0.05, 0.1) is 29.5 Å². The Balaban J connectivity index is 1.49. The van der Waals surface area contributed by atoms with E-state index in [9.17, 15) is 0 Å². The summed E-state index contributed by atoms with van der Waals surface area (Å²) in [6, 6.07) is 0. The summed E-state index contributed by atoms with van der Waals surface area (Å²) in [6.07, 6.45) is 14.8. The summed E-state index contributed by atoms with van der Waals surface area (Å²) in [5.74, 6) is 1.17. The minimum atomic E-state index is -0.265. The Kier molecular flexibility index (Phi) is 7.08. The summed E-state index contributed by atoms with van der Waals surface area (Å²) in [5.41, 5.74) is 1.31. The fourth-order valence-corrected chi connectivity index (χ4v) is 12.0. The van der Waals surface area contributed by atoms with Crippen LogP contribution in [0, 0.1) is 38.9 Å². The normalized spacial score (nSPS) is 52.0. The first-order valence-electron chi connectivity index (χ1n) is 15.9. The van der Waals surface area contributed by atoms with Crippen LogP contribution in [0.5, 0.6) is 0 Å². The molecule has 4 nitrogen and oxygen atoms in total. The molecule has 4 heteroatoms. The second-order valence-corrected chi connectivity index (χ2v) is 16.4. The van der Waals surface area contributed by atoms with Crippen molar-refractivity contribution in [1.82, 2.24) is 0 Å². The van der Waals surface area contributed by atoms with E-state index in [2.05, 4.69) is 55.4 Å². The molecule has 0 aromatic heterocycles. The SMILES string of the molecule is CCC[C@@H]1C2(CCC3(C)C([C@@]4(C)CCC(C(C)(C)OC)O4)[C@@H](OC)C[C@@]13C)CC21CC[C@H](OC)C(C)(C)C1. The standard InChI is InChI=1S/C34H60O4/c1-12-13-24-31(7)20-23(35-9)27(32(8)16-14-26(38-32)29(4,5)37-11)30(31,6)18-19-34(24)22-33(34)17-15-25(36-10)28(2,3)21-33/h23-27H,12-22H2,1-11H3/t23-,24-,25-,26?,27?,30?,31-,32+,33?,34?/m0/s1. The van der Waals surface area contributed by atoms with Crippen molar-refractivity contribution in [3.05, 3.63) is 0 Å². The fraction of sp³-hybridized carbons (Fsp3) is 1.00. The van der Waals surface area contributed by atoms with Crippen molar-refractivity contribution < 1.29 is 18.9 Å². The van der Waals surface area contributed by atoms with E-state index < -0.39 is 0 Å². The summed E-state index contributed by atoms with van der Waals surface area (Å²) in [5, 5.41) is 0. The van der Waals surface area contributed by atoms with Crippen LogP contribution in [-0.2, 0) is 18.9 Å². The Bertz CT molecular complexity index is 899. The molecular weight excluding hydrogens is 472 g/mol. The predicted octanol–water partition coefficient (Wildman–Crippen LogP) is 8.21. The summed E-state index contributed by atoms with van der Waals surface area (Å²) in [7, 11) is 5.72. The Hall–Kier alpha value is -0.160. The van der Waals surface area contributed by atoms with E-state index >= 15 is 0 Å². The quantitative estimate of drug-likeness (QED) is 0.331. The number of ether oxygens (including phenoxy) is 4. The topological polar surface area (TPSA) is 36.9 Å². The summed E-state index contributed by atoms with van der Waals surface area (Å²) in [4.78, 5) is 0. The third-order valence-electron chi connectivity index (χ3n) is 14.1. The molecule has 4 saturated carbocycles. The molecular formula is C34H60O4. The van der Waals surface area contributed by atoms with Crippen LogP contribution in [0.3, 0.4) is 0 Å². The molecule has 0 N–H and O–H groups in total. The van der Waals surface area contributed by atoms with Gasteiger partial charge >= 0.3 is 0 Å². The molecule has 5 aliphatic rings. The second kappa shape index (κ2) is 9.17. The molecule has 0 aromatic rings. The molecule has 1 aliphatic heterocycles. The van der Waals surface area contributed by atoms with Gasteiger partial charge in [-0.15, -0.1) is 0 Å². The average molecular weight is 533 g/mol. The number of hydrogen-bond donors (Lipinski definition) is 0. The largest absolute Gasteiger partial charge is 0.381 e. The number of rotatable bonds is 7. The van der Waals surface area contributed by atoms with E-state index in [1.54, 1.807) is 0 Å². The van der Waals surface area contributed by atoms with Crippen LogP contribution in [0.15, 0.2) is 0 Å². The summed E-state index contributed by atoms with van der Waals surface area (Å²) >= 11 is 0. The third-order valence-corrected chi connectivity index (χ3v) is 14.1. The molecule has 10 atom stereocenters. The van der Waals surface area contributed by atoms with Crippen LogP contribution in [-0.4, -0.2) is 50.8 Å². The first-order valence-corrected chi connectivity index (χ1v) is 15.9. The molecule has 5 fully saturated rings. The Morgan fingerprint density at radius 3 is 2.13 bits per heavy atom. The molecule has 220 valence electrons. The molecule has 5 rings (SSSR count). The fourth-order valence-electron chi connectivity index (χ4n) is 12.0. The molecule has 0 radical (unpaired) electrons. The lowest BCUT2D eigenvalue weighted by molar-refractivity contribution is -0.192. The molecule has 1 heterocycles. The summed E-state index contributed by atoms with van der Waals surface area (Å²) < 4.78 is 25.4. The van der Waals surface area contributed by atoms with Gasteiger partial charge in [-0.05, 0) is 118 Å². The molecule has 4 aliphatic carbocycles. The molecule has 0 aromatic carbocycles. The Morgan fingerprint density at radius 1 is 0.842 bits per heavy atom. The zero-order valence-corrected chi connectivity index (χ0v) is 26.8. The van der Waals surface area contributed by atoms with Crippen LogP contribution >= 0.6 is 0 Å². The van der Waals surface area contributed by atoms with Gasteiger partial charge in [0.2, 0.25) is 0 Å². The van der Waals surface area contributed by atoms with E-state index in [1.165, 1.54) is 57.8 Å². The molecule has 2 spiro atoms. The van der Waals surface area contributed by atoms with Gasteiger partial charge in [-0.3, -0.25) is 0 Å². The molecule has 38 heavy (non-hydrogen) atoms. The van der Waals surface area contributed by atoms with Gasteiger partial charge in [-0.1, -0.05) is 41.0 Å². The van der Waals surface area contributed by atoms with Crippen molar-refractivity contribution in [1.29, 1.82) is 0 Å². The Morgan fingerprint density at radius 2 is 1.55 bits per heavy atom. The van der Waals surface area contributed by atoms with Crippen molar-refractivity contribution >= 4 is 0 Å². The molecule has 0 amide bonds. The van der Waals surface area contributed by atoms with E-state index in [4.69, 9.17) is 18.9 Å². The lowest BCUT2D eigenvalue weighted by Crippen LogP contribution is -2.56. The Labute approximate surface area is 234 Å². The van der Waals surface area contributed by atoms with Gasteiger partial charge in [0, 0.05) is 27.2 Å². The van der Waals surface area contributed by atoms with Crippen LogP contribution in [0.2, 0.25) is 0 Å². The smallest absolute Gasteiger partial charge is 0.0883 e. The lowest BCUT2D eigenvalue weighted by atomic mass is 9.45. The highest BCUT2D eigenvalue weighted by Crippen LogP contribution is 2.86. The van der Waals surface area contributed by atoms with Gasteiger partial charge in [-0.2, -0.15) is 0 Å². The van der Waals surface area contributed by atoms with Crippen LogP contribution in [0.25, 0.3) is 0 Å². The summed E-state index contributed by atoms with van der Waals surface area (Å²) in [6.45, 7) is 19.5. The highest BCUT2D eigenvalue weighted by molar-refractivity contribution is 5.28. The molecule has 1 saturated heterocycles. The maximum atomic E-state index is 7.09. The van der Waals surface area contributed by atoms with Crippen molar-refractivity contribution in [2.24, 2.45) is 38.9 Å². The van der Waals surface area contributed by atoms with Gasteiger partial charge in [0.15, 0.2) is 0 Å². The van der Waals surface area contributed by atoms with Crippen LogP contribution in [0.1, 0.15) is 126 Å². The minimum absolute atomic E-state index is 0.136. The van der Waals surface area contributed by atoms with E-state index in [0.29, 0.717) is 22.9 Å². The minimum Gasteiger partial charge on any atom is -0.381 e. The van der Waals surface area contributed by atoms with Crippen molar-refractivity contribution in [3.63, 3.8) is 0 Å². The van der Waals surface area contributed by atoms with Gasteiger partial charge in [0.25, 0.3) is 0 Å². The van der Waals surface area contributed by atoms with Crippen molar-refractivity contribution in [2.75, 3.05) is 21.3 Å². The predicted molar refractivity (Wildman–Crippen MR) is 154 cm³/mol. The first kappa shape index (κ1) is 29.3. The maximum absolute atomic E-state index is 7.09. The van der Waals surface area contributed by atoms with E-state index in [0.717, 1.165) is 18.8 Å². The number of hydrogen-bond acceptors (Lipinski definition) is 4. The highest BCUT2D eigenvalue weighted by Gasteiger charge is 2.80. The van der Waals surface area contributed by atoms with E-state index in [1.807, 2.05) is 21.3 Å². The number of methoxy groups -OCH3 is 3. The first-order chi connectivity index (χ1) is 17.6. The molecule has 0 bridgehead atoms. The third kappa shape index (κ3) is 3.81. The van der Waals surface area contributed by atoms with Gasteiger partial charge in [-0.25, -0.2) is 0 Å². The lowest BCUT2D eigenvalue weighted by Gasteiger charge is -2.60. The zero-order chi connectivity index (χ0) is 28.0. The van der Waals surface area contributed by atoms with Crippen molar-refractivity contribution in [2.45, 2.75) is 156 Å². The van der Waals surface area contributed by atoms with Crippen LogP contribution in [0.4, 0.5) is 0 Å². The van der Waals surface area contributed by atoms with Gasteiger partial charge < -0.3 is 18.9 Å². The molecule has 5 unspecified atom stereocenters. The second-order valence-electron chi connectivity index (χ2n) is 16.4. The monoisotopic (exact) mass is 532 g/mol. The van der Waals surface area contributed by atoms with Crippen molar-refractivity contribution in [3.8, 4) is 0 Å².